The lowest BCUT2D eigenvalue weighted by Gasteiger charge is -2.29. The first-order chi connectivity index (χ1) is 17.0. The molecule has 7 nitrogen and oxygen atoms in total. The van der Waals surface area contributed by atoms with E-state index in [1.165, 1.54) is 24.2 Å². The lowest BCUT2D eigenvalue weighted by Crippen LogP contribution is -2.42. The van der Waals surface area contributed by atoms with Gasteiger partial charge in [-0.25, -0.2) is 13.8 Å². The van der Waals surface area contributed by atoms with Crippen molar-refractivity contribution < 1.29 is 36.2 Å². The van der Waals surface area contributed by atoms with Crippen molar-refractivity contribution in [3.63, 3.8) is 0 Å². The highest BCUT2D eigenvalue weighted by Crippen LogP contribution is 2.28. The minimum Gasteiger partial charge on any atom is -0.475 e. The fourth-order valence-electron chi connectivity index (χ4n) is 3.13. The van der Waals surface area contributed by atoms with Gasteiger partial charge in [-0.2, -0.15) is 5.10 Å². The molecule has 2 aromatic rings. The summed E-state index contributed by atoms with van der Waals surface area (Å²) in [5, 5.41) is 5.08. The van der Waals surface area contributed by atoms with Gasteiger partial charge in [0, 0.05) is 32.1 Å². The van der Waals surface area contributed by atoms with Gasteiger partial charge in [-0.15, -0.1) is 13.2 Å². The number of carbonyl (C=O) groups excluding carboxylic acids is 1. The van der Waals surface area contributed by atoms with E-state index >= 15 is 0 Å². The maximum Gasteiger partial charge on any atom is 0.573 e. The van der Waals surface area contributed by atoms with Crippen molar-refractivity contribution >= 4 is 17.8 Å². The van der Waals surface area contributed by atoms with Crippen LogP contribution in [0.25, 0.3) is 0 Å². The van der Waals surface area contributed by atoms with Gasteiger partial charge in [0.2, 0.25) is 5.88 Å². The van der Waals surface area contributed by atoms with Crippen LogP contribution in [0.15, 0.2) is 35.6 Å². The van der Waals surface area contributed by atoms with Crippen molar-refractivity contribution in [2.45, 2.75) is 39.6 Å². The first-order valence-electron chi connectivity index (χ1n) is 10.9. The molecular weight excluding hydrogens is 487 g/mol. The Morgan fingerprint density at radius 1 is 1.25 bits per heavy atom. The van der Waals surface area contributed by atoms with Gasteiger partial charge in [0.25, 0.3) is 5.91 Å². The molecule has 0 saturated carbocycles. The Balaban J connectivity index is 2.20. The number of hydrogen-bond acceptors (Lipinski definition) is 6. The highest BCUT2D eigenvalue weighted by Gasteiger charge is 2.31. The standard InChI is InChI=1S/C24H25F5N4O3/c1-5-7-8-11-31-32(4)22-19(12-17(25)13-20(22)26)23(34)33(6-2)16(3)15-35-21-10-9-18(14-30-21)36-24(27,28)29/h9-14,16H,5-6,15H2,1-4H3/b31-11-. The molecule has 1 unspecified atom stereocenters. The molecule has 0 spiro atoms. The van der Waals surface area contributed by atoms with Crippen LogP contribution in [0.2, 0.25) is 0 Å². The number of nitrogens with zero attached hydrogens (tertiary/aromatic N) is 4. The number of hydrazone groups is 1. The predicted octanol–water partition coefficient (Wildman–Crippen LogP) is 5.02. The van der Waals surface area contributed by atoms with E-state index in [-0.39, 0.29) is 30.3 Å². The maximum absolute atomic E-state index is 14.7. The van der Waals surface area contributed by atoms with Crippen LogP contribution in [0.5, 0.6) is 11.6 Å². The fourth-order valence-corrected chi connectivity index (χ4v) is 3.13. The van der Waals surface area contributed by atoms with E-state index in [0.29, 0.717) is 12.5 Å². The molecule has 1 amide bonds. The van der Waals surface area contributed by atoms with Gasteiger partial charge in [0.15, 0.2) is 5.82 Å². The molecule has 2 rings (SSSR count). The third kappa shape index (κ3) is 8.11. The van der Waals surface area contributed by atoms with Crippen molar-refractivity contribution in [1.82, 2.24) is 9.88 Å². The zero-order valence-electron chi connectivity index (χ0n) is 20.1. The second-order valence-corrected chi connectivity index (χ2v) is 7.36. The molecular formula is C24H25F5N4O3. The molecule has 1 aromatic heterocycles. The van der Waals surface area contributed by atoms with Gasteiger partial charge < -0.3 is 14.4 Å². The number of ether oxygens (including phenoxy) is 2. The van der Waals surface area contributed by atoms with Gasteiger partial charge in [0.05, 0.1) is 24.0 Å². The van der Waals surface area contributed by atoms with Crippen LogP contribution in [-0.2, 0) is 0 Å². The summed E-state index contributed by atoms with van der Waals surface area (Å²) in [5.41, 5.74) is -0.486. The second kappa shape index (κ2) is 12.7. The summed E-state index contributed by atoms with van der Waals surface area (Å²) in [6.45, 7) is 5.23. The molecule has 0 aliphatic rings. The highest BCUT2D eigenvalue weighted by molar-refractivity contribution is 6.00. The Bertz CT molecular complexity index is 1130. The van der Waals surface area contributed by atoms with E-state index in [1.54, 1.807) is 13.8 Å². The average Bonchev–Trinajstić information content (AvgIpc) is 2.80. The van der Waals surface area contributed by atoms with Crippen LogP contribution in [0, 0.1) is 23.5 Å². The second-order valence-electron chi connectivity index (χ2n) is 7.36. The summed E-state index contributed by atoms with van der Waals surface area (Å²) in [4.78, 5) is 18.4. The molecule has 0 radical (unpaired) electrons. The molecule has 1 heterocycles. The van der Waals surface area contributed by atoms with E-state index < -0.39 is 35.7 Å². The van der Waals surface area contributed by atoms with Crippen LogP contribution in [0.3, 0.4) is 0 Å². The molecule has 36 heavy (non-hydrogen) atoms. The molecule has 194 valence electrons. The van der Waals surface area contributed by atoms with Gasteiger partial charge in [0.1, 0.15) is 23.9 Å². The average molecular weight is 512 g/mol. The Morgan fingerprint density at radius 3 is 2.56 bits per heavy atom. The first-order valence-corrected chi connectivity index (χ1v) is 10.9. The summed E-state index contributed by atoms with van der Waals surface area (Å²) in [5.74, 6) is 2.32. The summed E-state index contributed by atoms with van der Waals surface area (Å²) < 4.78 is 74.8. The lowest BCUT2D eigenvalue weighted by atomic mass is 10.1. The molecule has 0 N–H and O–H groups in total. The van der Waals surface area contributed by atoms with Crippen LogP contribution in [-0.4, -0.2) is 54.6 Å². The van der Waals surface area contributed by atoms with Gasteiger partial charge in [-0.1, -0.05) is 18.8 Å². The number of hydrogen-bond donors (Lipinski definition) is 0. The smallest absolute Gasteiger partial charge is 0.475 e. The Kier molecular flexibility index (Phi) is 10.0. The number of aromatic nitrogens is 1. The fraction of sp³-hybridized carbons (Fsp3) is 0.375. The molecule has 0 saturated heterocycles. The first kappa shape index (κ1) is 28.4. The van der Waals surface area contributed by atoms with Crippen molar-refractivity contribution in [3.8, 4) is 23.5 Å². The number of alkyl halides is 3. The van der Waals surface area contributed by atoms with Crippen molar-refractivity contribution in [2.24, 2.45) is 5.10 Å². The number of benzene rings is 1. The van der Waals surface area contributed by atoms with E-state index in [9.17, 15) is 26.7 Å². The van der Waals surface area contributed by atoms with Crippen molar-refractivity contribution in [1.29, 1.82) is 0 Å². The summed E-state index contributed by atoms with van der Waals surface area (Å²) >= 11 is 0. The Labute approximate surface area is 205 Å². The van der Waals surface area contributed by atoms with Gasteiger partial charge in [-0.05, 0) is 26.0 Å². The predicted molar refractivity (Wildman–Crippen MR) is 124 cm³/mol. The zero-order valence-corrected chi connectivity index (χ0v) is 20.1. The van der Waals surface area contributed by atoms with Crippen LogP contribution in [0.4, 0.5) is 27.6 Å². The van der Waals surface area contributed by atoms with Crippen molar-refractivity contribution in [2.75, 3.05) is 25.2 Å². The molecule has 0 fully saturated rings. The lowest BCUT2D eigenvalue weighted by molar-refractivity contribution is -0.274. The largest absolute Gasteiger partial charge is 0.573 e. The highest BCUT2D eigenvalue weighted by atomic mass is 19.4. The number of amides is 1. The van der Waals surface area contributed by atoms with Crippen LogP contribution >= 0.6 is 0 Å². The molecule has 1 aromatic carbocycles. The summed E-state index contributed by atoms with van der Waals surface area (Å²) in [7, 11) is 1.40. The Morgan fingerprint density at radius 2 is 1.97 bits per heavy atom. The number of halogens is 5. The monoisotopic (exact) mass is 512 g/mol. The molecule has 12 heteroatoms. The normalized spacial score (nSPS) is 12.0. The zero-order chi connectivity index (χ0) is 26.9. The number of anilines is 1. The van der Waals surface area contributed by atoms with Crippen LogP contribution in [0.1, 0.15) is 37.6 Å². The SMILES string of the molecule is CCC#C/C=N\N(C)c1c(F)cc(F)cc1C(=O)N(CC)C(C)COc1ccc(OC(F)(F)F)cn1. The third-order valence-electron chi connectivity index (χ3n) is 4.71. The molecule has 1 atom stereocenters. The molecule has 0 aliphatic carbocycles. The van der Waals surface area contributed by atoms with E-state index in [2.05, 4.69) is 26.7 Å². The van der Waals surface area contributed by atoms with Crippen molar-refractivity contribution in [3.05, 3.63) is 47.7 Å². The van der Waals surface area contributed by atoms with Gasteiger partial charge >= 0.3 is 6.36 Å². The molecule has 0 bridgehead atoms. The number of pyridine rings is 1. The Hall–Kier alpha value is -3.88. The minimum absolute atomic E-state index is 0.000347. The summed E-state index contributed by atoms with van der Waals surface area (Å²) in [6.07, 6.45) is -2.17. The van der Waals surface area contributed by atoms with E-state index in [1.807, 2.05) is 6.92 Å². The molecule has 0 aliphatic heterocycles. The quantitative estimate of drug-likeness (QED) is 0.204. The number of carbonyl (C=O) groups is 1. The van der Waals surface area contributed by atoms with Crippen LogP contribution < -0.4 is 14.5 Å². The third-order valence-corrected chi connectivity index (χ3v) is 4.71. The maximum atomic E-state index is 14.7. The summed E-state index contributed by atoms with van der Waals surface area (Å²) in [6, 6.07) is 3.18. The number of likely N-dealkylation sites (N-methyl/N-ethyl adjacent to an activating group) is 1. The van der Waals surface area contributed by atoms with E-state index in [4.69, 9.17) is 4.74 Å². The van der Waals surface area contributed by atoms with E-state index in [0.717, 1.165) is 23.3 Å². The van der Waals surface area contributed by atoms with Gasteiger partial charge in [-0.3, -0.25) is 9.80 Å². The minimum atomic E-state index is -4.85. The topological polar surface area (TPSA) is 67.3 Å². The number of rotatable bonds is 9.